The molecule has 3 aliphatic carbocycles. The standard InChI is InChI=1S/C20H26O4/c1-10(2)11-6-13(21)19(4)14(22)8-18(3)9-15(23)20(5)16(24-20)7-12(18)17(11)19/h6,10,12,16-17H,7-9H2,1-5H3/t12-,16?,17?,18?,19?,20+/m1/s1. The highest BCUT2D eigenvalue weighted by Gasteiger charge is 2.69. The van der Waals surface area contributed by atoms with Gasteiger partial charge in [-0.05, 0) is 43.6 Å². The van der Waals surface area contributed by atoms with Gasteiger partial charge in [0.15, 0.2) is 11.6 Å². The molecule has 1 aliphatic heterocycles. The fourth-order valence-electron chi connectivity index (χ4n) is 5.60. The summed E-state index contributed by atoms with van der Waals surface area (Å²) in [6.45, 7) is 9.94. The van der Waals surface area contributed by atoms with Crippen molar-refractivity contribution in [2.75, 3.05) is 0 Å². The third kappa shape index (κ3) is 1.75. The van der Waals surface area contributed by atoms with Crippen molar-refractivity contribution in [1.82, 2.24) is 0 Å². The summed E-state index contributed by atoms with van der Waals surface area (Å²) >= 11 is 0. The Bertz CT molecular complexity index is 704. The highest BCUT2D eigenvalue weighted by atomic mass is 16.6. The van der Waals surface area contributed by atoms with Gasteiger partial charge >= 0.3 is 0 Å². The average molecular weight is 330 g/mol. The Morgan fingerprint density at radius 2 is 1.71 bits per heavy atom. The molecular formula is C20H26O4. The molecule has 24 heavy (non-hydrogen) atoms. The molecule has 3 fully saturated rings. The van der Waals surface area contributed by atoms with E-state index in [4.69, 9.17) is 4.74 Å². The normalized spacial score (nSPS) is 50.2. The lowest BCUT2D eigenvalue weighted by Crippen LogP contribution is -2.54. The lowest BCUT2D eigenvalue weighted by molar-refractivity contribution is -0.151. The van der Waals surface area contributed by atoms with Gasteiger partial charge in [0.25, 0.3) is 0 Å². The molecular weight excluding hydrogens is 304 g/mol. The number of allylic oxidation sites excluding steroid dienone is 2. The monoisotopic (exact) mass is 330 g/mol. The van der Waals surface area contributed by atoms with Crippen LogP contribution in [0.3, 0.4) is 0 Å². The van der Waals surface area contributed by atoms with Crippen molar-refractivity contribution < 1.29 is 19.1 Å². The van der Waals surface area contributed by atoms with Gasteiger partial charge in [-0.2, -0.15) is 0 Å². The minimum Gasteiger partial charge on any atom is -0.358 e. The Morgan fingerprint density at radius 3 is 2.33 bits per heavy atom. The number of fused-ring (bicyclic) bond motifs is 4. The highest BCUT2D eigenvalue weighted by Crippen LogP contribution is 2.64. The van der Waals surface area contributed by atoms with E-state index in [1.54, 1.807) is 6.08 Å². The van der Waals surface area contributed by atoms with Gasteiger partial charge in [-0.25, -0.2) is 0 Å². The van der Waals surface area contributed by atoms with Crippen LogP contribution in [0.5, 0.6) is 0 Å². The molecule has 1 saturated heterocycles. The molecule has 4 rings (SSSR count). The number of carbonyl (C=O) groups is 3. The Labute approximate surface area is 143 Å². The lowest BCUT2D eigenvalue weighted by atomic mass is 9.50. The third-order valence-corrected chi connectivity index (χ3v) is 7.43. The zero-order valence-corrected chi connectivity index (χ0v) is 15.1. The summed E-state index contributed by atoms with van der Waals surface area (Å²) in [5, 5.41) is 0. The summed E-state index contributed by atoms with van der Waals surface area (Å²) in [4.78, 5) is 38.5. The van der Waals surface area contributed by atoms with Crippen molar-refractivity contribution in [3.63, 3.8) is 0 Å². The van der Waals surface area contributed by atoms with Gasteiger partial charge in [-0.15, -0.1) is 0 Å². The van der Waals surface area contributed by atoms with E-state index in [-0.39, 0.29) is 46.6 Å². The summed E-state index contributed by atoms with van der Waals surface area (Å²) in [7, 11) is 0. The molecule has 4 unspecified atom stereocenters. The second-order valence-corrected chi connectivity index (χ2v) is 9.25. The van der Waals surface area contributed by atoms with E-state index in [0.29, 0.717) is 12.8 Å². The van der Waals surface area contributed by atoms with Crippen LogP contribution in [0, 0.1) is 28.6 Å². The second kappa shape index (κ2) is 4.46. The fourth-order valence-corrected chi connectivity index (χ4v) is 5.60. The van der Waals surface area contributed by atoms with Crippen molar-refractivity contribution >= 4 is 17.3 Å². The predicted molar refractivity (Wildman–Crippen MR) is 88.3 cm³/mol. The topological polar surface area (TPSA) is 63.7 Å². The number of Topliss-reactive ketones (excluding diaryl/α,β-unsaturated/α-hetero) is 2. The molecule has 2 saturated carbocycles. The SMILES string of the molecule is CC(C)C1=CC(=O)C2(C)C(=O)CC3(C)CC(=O)[C@]4(C)OC4C[C@@H]3C12. The molecule has 4 heteroatoms. The first-order valence-corrected chi connectivity index (χ1v) is 9.04. The van der Waals surface area contributed by atoms with Crippen LogP contribution in [0.15, 0.2) is 11.6 Å². The van der Waals surface area contributed by atoms with Crippen LogP contribution in [-0.2, 0) is 19.1 Å². The molecule has 0 aromatic rings. The van der Waals surface area contributed by atoms with Gasteiger partial charge in [-0.1, -0.05) is 26.3 Å². The summed E-state index contributed by atoms with van der Waals surface area (Å²) in [5.74, 6) is 0.361. The first-order valence-electron chi connectivity index (χ1n) is 9.04. The second-order valence-electron chi connectivity index (χ2n) is 9.25. The Morgan fingerprint density at radius 1 is 1.08 bits per heavy atom. The number of ketones is 3. The van der Waals surface area contributed by atoms with Crippen LogP contribution in [-0.4, -0.2) is 29.1 Å². The summed E-state index contributed by atoms with van der Waals surface area (Å²) in [6.07, 6.45) is 3.13. The summed E-state index contributed by atoms with van der Waals surface area (Å²) in [5.41, 5.74) is -0.882. The molecule has 4 aliphatic rings. The number of hydrogen-bond donors (Lipinski definition) is 0. The average Bonchev–Trinajstić information content (AvgIpc) is 3.06. The fraction of sp³-hybridized carbons (Fsp3) is 0.750. The van der Waals surface area contributed by atoms with E-state index in [1.165, 1.54) is 0 Å². The van der Waals surface area contributed by atoms with Gasteiger partial charge in [0.2, 0.25) is 0 Å². The maximum absolute atomic E-state index is 13.0. The minimum atomic E-state index is -0.942. The quantitative estimate of drug-likeness (QED) is 0.548. The Kier molecular flexibility index (Phi) is 3.01. The zero-order valence-electron chi connectivity index (χ0n) is 15.1. The molecule has 1 heterocycles. The van der Waals surface area contributed by atoms with Crippen LogP contribution in [0.1, 0.15) is 53.9 Å². The van der Waals surface area contributed by atoms with E-state index < -0.39 is 11.0 Å². The van der Waals surface area contributed by atoms with E-state index in [2.05, 4.69) is 20.8 Å². The van der Waals surface area contributed by atoms with Crippen molar-refractivity contribution in [3.05, 3.63) is 11.6 Å². The third-order valence-electron chi connectivity index (χ3n) is 7.43. The van der Waals surface area contributed by atoms with Crippen molar-refractivity contribution in [2.24, 2.45) is 28.6 Å². The van der Waals surface area contributed by atoms with E-state index >= 15 is 0 Å². The summed E-state index contributed by atoms with van der Waals surface area (Å²) in [6, 6.07) is 0. The maximum atomic E-state index is 13.0. The van der Waals surface area contributed by atoms with Crippen molar-refractivity contribution in [2.45, 2.75) is 65.6 Å². The first-order chi connectivity index (χ1) is 11.0. The van der Waals surface area contributed by atoms with Gasteiger partial charge in [0.05, 0.1) is 11.5 Å². The van der Waals surface area contributed by atoms with Crippen LogP contribution in [0.25, 0.3) is 0 Å². The van der Waals surface area contributed by atoms with Gasteiger partial charge in [0.1, 0.15) is 11.4 Å². The number of epoxide rings is 1. The van der Waals surface area contributed by atoms with E-state index in [0.717, 1.165) is 12.0 Å². The molecule has 130 valence electrons. The molecule has 0 N–H and O–H groups in total. The minimum absolute atomic E-state index is 0.0117. The van der Waals surface area contributed by atoms with Crippen molar-refractivity contribution in [1.29, 1.82) is 0 Å². The smallest absolute Gasteiger partial charge is 0.169 e. The lowest BCUT2D eigenvalue weighted by Gasteiger charge is -2.51. The number of hydrogen-bond acceptors (Lipinski definition) is 4. The number of ether oxygens (including phenoxy) is 1. The molecule has 0 spiro atoms. The molecule has 0 aromatic carbocycles. The van der Waals surface area contributed by atoms with Crippen LogP contribution >= 0.6 is 0 Å². The van der Waals surface area contributed by atoms with Gasteiger partial charge < -0.3 is 4.74 Å². The first kappa shape index (κ1) is 16.2. The molecule has 0 radical (unpaired) electrons. The molecule has 0 bridgehead atoms. The van der Waals surface area contributed by atoms with Crippen LogP contribution in [0.2, 0.25) is 0 Å². The molecule has 4 nitrogen and oxygen atoms in total. The maximum Gasteiger partial charge on any atom is 0.169 e. The van der Waals surface area contributed by atoms with Crippen molar-refractivity contribution in [3.8, 4) is 0 Å². The van der Waals surface area contributed by atoms with Gasteiger partial charge in [0, 0.05) is 18.8 Å². The number of rotatable bonds is 1. The highest BCUT2D eigenvalue weighted by molar-refractivity contribution is 6.15. The largest absolute Gasteiger partial charge is 0.358 e. The zero-order chi connectivity index (χ0) is 17.7. The predicted octanol–water partition coefficient (Wildman–Crippen LogP) is 2.89. The Hall–Kier alpha value is -1.29. The molecule has 0 aromatic heterocycles. The molecule has 6 atom stereocenters. The number of carbonyl (C=O) groups excluding carboxylic acids is 3. The summed E-state index contributed by atoms with van der Waals surface area (Å²) < 4.78 is 5.74. The molecule has 0 amide bonds. The van der Waals surface area contributed by atoms with Crippen LogP contribution < -0.4 is 0 Å². The Balaban J connectivity index is 1.84. The van der Waals surface area contributed by atoms with E-state index in [9.17, 15) is 14.4 Å². The van der Waals surface area contributed by atoms with Gasteiger partial charge in [-0.3, -0.25) is 14.4 Å². The van der Waals surface area contributed by atoms with Crippen LogP contribution in [0.4, 0.5) is 0 Å². The van der Waals surface area contributed by atoms with E-state index in [1.807, 2.05) is 13.8 Å².